The molecule has 3 aromatic carbocycles. The van der Waals surface area contributed by atoms with E-state index in [2.05, 4.69) is 48.9 Å². The molecule has 4 aromatic rings. The molecule has 144 valence electrons. The Morgan fingerprint density at radius 3 is 2.34 bits per heavy atom. The number of aromatic nitrogens is 4. The van der Waals surface area contributed by atoms with E-state index in [1.165, 1.54) is 11.8 Å². The lowest BCUT2D eigenvalue weighted by atomic mass is 10.1. The first-order valence-electron chi connectivity index (χ1n) is 8.81. The van der Waals surface area contributed by atoms with Crippen molar-refractivity contribution in [2.75, 3.05) is 11.1 Å². The number of hydrogen-bond acceptors (Lipinski definition) is 5. The van der Waals surface area contributed by atoms with Crippen molar-refractivity contribution in [2.45, 2.75) is 5.16 Å². The standard InChI is InChI=1S/C21H16BrN5OS/c22-17-8-12-19(13-9-17)27-21(24-25-26-27)29-14-20(28)23-18-10-6-16(7-11-18)15-4-2-1-3-5-15/h1-13H,14H2,(H,23,28). The molecule has 0 unspecified atom stereocenters. The maximum absolute atomic E-state index is 12.3. The summed E-state index contributed by atoms with van der Waals surface area (Å²) >= 11 is 4.69. The first-order valence-corrected chi connectivity index (χ1v) is 10.6. The Morgan fingerprint density at radius 2 is 1.62 bits per heavy atom. The van der Waals surface area contributed by atoms with Crippen LogP contribution >= 0.6 is 27.7 Å². The number of amides is 1. The van der Waals surface area contributed by atoms with Crippen LogP contribution in [0, 0.1) is 0 Å². The lowest BCUT2D eigenvalue weighted by molar-refractivity contribution is -0.113. The zero-order valence-corrected chi connectivity index (χ0v) is 17.6. The monoisotopic (exact) mass is 465 g/mol. The maximum Gasteiger partial charge on any atom is 0.234 e. The molecule has 1 heterocycles. The number of benzene rings is 3. The Hall–Kier alpha value is -2.97. The Labute approximate surface area is 180 Å². The van der Waals surface area contributed by atoms with Crippen molar-refractivity contribution in [2.24, 2.45) is 0 Å². The highest BCUT2D eigenvalue weighted by Crippen LogP contribution is 2.22. The zero-order valence-electron chi connectivity index (χ0n) is 15.2. The van der Waals surface area contributed by atoms with Crippen molar-refractivity contribution >= 4 is 39.3 Å². The van der Waals surface area contributed by atoms with E-state index in [0.717, 1.165) is 27.0 Å². The molecular formula is C21H16BrN5OS. The molecule has 1 amide bonds. The highest BCUT2D eigenvalue weighted by atomic mass is 79.9. The third-order valence-corrected chi connectivity index (χ3v) is 5.57. The van der Waals surface area contributed by atoms with Gasteiger partial charge in [-0.3, -0.25) is 4.79 Å². The molecule has 1 N–H and O–H groups in total. The van der Waals surface area contributed by atoms with Crippen LogP contribution in [0.4, 0.5) is 5.69 Å². The molecule has 0 aliphatic rings. The molecule has 0 spiro atoms. The van der Waals surface area contributed by atoms with E-state index in [1.807, 2.05) is 66.7 Å². The lowest BCUT2D eigenvalue weighted by Crippen LogP contribution is -2.14. The van der Waals surface area contributed by atoms with Gasteiger partial charge in [-0.1, -0.05) is 70.2 Å². The summed E-state index contributed by atoms with van der Waals surface area (Å²) in [5.41, 5.74) is 3.83. The molecule has 29 heavy (non-hydrogen) atoms. The zero-order chi connectivity index (χ0) is 20.1. The fourth-order valence-corrected chi connectivity index (χ4v) is 3.67. The molecule has 4 rings (SSSR count). The first kappa shape index (κ1) is 19.4. The molecule has 0 aliphatic carbocycles. The molecular weight excluding hydrogens is 450 g/mol. The largest absolute Gasteiger partial charge is 0.325 e. The fourth-order valence-electron chi connectivity index (χ4n) is 2.72. The number of thioether (sulfide) groups is 1. The van der Waals surface area contributed by atoms with Crippen molar-refractivity contribution in [1.82, 2.24) is 20.2 Å². The van der Waals surface area contributed by atoms with Gasteiger partial charge in [0.2, 0.25) is 11.1 Å². The average molecular weight is 466 g/mol. The van der Waals surface area contributed by atoms with Crippen molar-refractivity contribution in [1.29, 1.82) is 0 Å². The smallest absolute Gasteiger partial charge is 0.234 e. The number of carbonyl (C=O) groups excluding carboxylic acids is 1. The van der Waals surface area contributed by atoms with Gasteiger partial charge in [-0.15, -0.1) is 5.10 Å². The van der Waals surface area contributed by atoms with Gasteiger partial charge in [-0.2, -0.15) is 4.68 Å². The summed E-state index contributed by atoms with van der Waals surface area (Å²) in [5, 5.41) is 15.2. The molecule has 1 aromatic heterocycles. The van der Waals surface area contributed by atoms with E-state index in [9.17, 15) is 4.79 Å². The Balaban J connectivity index is 1.36. The summed E-state index contributed by atoms with van der Waals surface area (Å²) in [6.45, 7) is 0. The van der Waals surface area contributed by atoms with Crippen LogP contribution in [0.2, 0.25) is 0 Å². The van der Waals surface area contributed by atoms with Crippen LogP contribution < -0.4 is 5.32 Å². The summed E-state index contributed by atoms with van der Waals surface area (Å²) in [5.74, 6) is 0.0879. The lowest BCUT2D eigenvalue weighted by Gasteiger charge is -2.07. The van der Waals surface area contributed by atoms with Crippen LogP contribution in [0.3, 0.4) is 0 Å². The minimum atomic E-state index is -0.118. The molecule has 6 nitrogen and oxygen atoms in total. The van der Waals surface area contributed by atoms with E-state index in [-0.39, 0.29) is 11.7 Å². The van der Waals surface area contributed by atoms with Gasteiger partial charge in [-0.05, 0) is 58.0 Å². The number of anilines is 1. The average Bonchev–Trinajstić information content (AvgIpc) is 3.23. The Morgan fingerprint density at radius 1 is 0.931 bits per heavy atom. The van der Waals surface area contributed by atoms with Crippen molar-refractivity contribution in [3.05, 3.63) is 83.3 Å². The molecule has 0 saturated carbocycles. The van der Waals surface area contributed by atoms with E-state index < -0.39 is 0 Å². The summed E-state index contributed by atoms with van der Waals surface area (Å²) in [6.07, 6.45) is 0. The summed E-state index contributed by atoms with van der Waals surface area (Å²) < 4.78 is 2.58. The number of hydrogen-bond donors (Lipinski definition) is 1. The van der Waals surface area contributed by atoms with Gasteiger partial charge in [0, 0.05) is 10.2 Å². The number of rotatable bonds is 6. The third kappa shape index (κ3) is 4.90. The molecule has 0 atom stereocenters. The van der Waals surface area contributed by atoms with Gasteiger partial charge in [0.15, 0.2) is 0 Å². The maximum atomic E-state index is 12.3. The van der Waals surface area contributed by atoms with Gasteiger partial charge in [-0.25, -0.2) is 0 Å². The van der Waals surface area contributed by atoms with Gasteiger partial charge >= 0.3 is 0 Å². The summed E-state index contributed by atoms with van der Waals surface area (Å²) in [4.78, 5) is 12.3. The molecule has 0 saturated heterocycles. The van der Waals surface area contributed by atoms with E-state index in [1.54, 1.807) is 4.68 Å². The van der Waals surface area contributed by atoms with Crippen molar-refractivity contribution < 1.29 is 4.79 Å². The number of halogens is 1. The van der Waals surface area contributed by atoms with Crippen LogP contribution in [0.1, 0.15) is 0 Å². The Kier molecular flexibility index (Phi) is 6.02. The van der Waals surface area contributed by atoms with E-state index in [4.69, 9.17) is 0 Å². The van der Waals surface area contributed by atoms with Crippen LogP contribution in [0.15, 0.2) is 88.5 Å². The van der Waals surface area contributed by atoms with Gasteiger partial charge in [0.1, 0.15) is 0 Å². The fraction of sp³-hybridized carbons (Fsp3) is 0.0476. The second-order valence-corrected chi connectivity index (χ2v) is 7.99. The van der Waals surface area contributed by atoms with Gasteiger partial charge in [0.05, 0.1) is 11.4 Å². The normalized spacial score (nSPS) is 10.7. The third-order valence-electron chi connectivity index (χ3n) is 4.12. The van der Waals surface area contributed by atoms with Crippen LogP contribution in [-0.2, 0) is 4.79 Å². The minimum Gasteiger partial charge on any atom is -0.325 e. The SMILES string of the molecule is O=C(CSc1nnnn1-c1ccc(Br)cc1)Nc1ccc(-c2ccccc2)cc1. The topological polar surface area (TPSA) is 72.7 Å². The van der Waals surface area contributed by atoms with Crippen LogP contribution in [0.5, 0.6) is 0 Å². The van der Waals surface area contributed by atoms with E-state index >= 15 is 0 Å². The molecule has 0 aliphatic heterocycles. The summed E-state index contributed by atoms with van der Waals surface area (Å²) in [7, 11) is 0. The molecule has 0 bridgehead atoms. The predicted octanol–water partition coefficient (Wildman–Crippen LogP) is 4.82. The van der Waals surface area contributed by atoms with Gasteiger partial charge < -0.3 is 5.32 Å². The number of nitrogens with zero attached hydrogens (tertiary/aromatic N) is 4. The van der Waals surface area contributed by atoms with Gasteiger partial charge in [0.25, 0.3) is 0 Å². The van der Waals surface area contributed by atoms with E-state index in [0.29, 0.717) is 5.16 Å². The van der Waals surface area contributed by atoms with Crippen molar-refractivity contribution in [3.63, 3.8) is 0 Å². The number of tetrazole rings is 1. The second kappa shape index (κ2) is 9.02. The number of carbonyl (C=O) groups is 1. The first-order chi connectivity index (χ1) is 14.2. The van der Waals surface area contributed by atoms with Crippen LogP contribution in [0.25, 0.3) is 16.8 Å². The molecule has 0 fully saturated rings. The van der Waals surface area contributed by atoms with Crippen molar-refractivity contribution in [3.8, 4) is 16.8 Å². The highest BCUT2D eigenvalue weighted by molar-refractivity contribution is 9.10. The molecule has 8 heteroatoms. The van der Waals surface area contributed by atoms with Crippen LogP contribution in [-0.4, -0.2) is 31.9 Å². The minimum absolute atomic E-state index is 0.118. The quantitative estimate of drug-likeness (QED) is 0.413. The number of nitrogens with one attached hydrogen (secondary N) is 1. The molecule has 0 radical (unpaired) electrons. The second-order valence-electron chi connectivity index (χ2n) is 6.13. The summed E-state index contributed by atoms with van der Waals surface area (Å²) in [6, 6.07) is 25.5. The highest BCUT2D eigenvalue weighted by Gasteiger charge is 2.12. The Bertz CT molecular complexity index is 1100. The predicted molar refractivity (Wildman–Crippen MR) is 118 cm³/mol.